The summed E-state index contributed by atoms with van der Waals surface area (Å²) in [5.41, 5.74) is 4.30. The lowest BCUT2D eigenvalue weighted by molar-refractivity contribution is -0.140. The second-order valence-electron chi connectivity index (χ2n) is 8.42. The number of hydrogen-bond acceptors (Lipinski definition) is 5. The number of fused-ring (bicyclic) bond motifs is 1. The number of esters is 1. The molecule has 0 bridgehead atoms. The Morgan fingerprint density at radius 1 is 1.00 bits per heavy atom. The monoisotopic (exact) mass is 477 g/mol. The Morgan fingerprint density at radius 2 is 1.77 bits per heavy atom. The summed E-state index contributed by atoms with van der Waals surface area (Å²) in [4.78, 5) is 27.2. The van der Waals surface area contributed by atoms with Gasteiger partial charge in [0.1, 0.15) is 5.75 Å². The number of halogens is 1. The molecule has 182 valence electrons. The number of carbonyl (C=O) groups excluding carboxylic acids is 2. The number of rotatable bonds is 7. The lowest BCUT2D eigenvalue weighted by atomic mass is 9.82. The maximum atomic E-state index is 14.5. The standard InChI is InChI=1S/C28H28FNO5/c1-33-21-10-7-18(8-11-21)28(32)30-14-13-22-20(17-30)5-4-6-23(22)24(16-27(31)35-3)19-9-12-26(34-2)25(29)15-19/h4-12,15,24H,13-14,16-17H2,1-3H3. The number of methoxy groups -OCH3 is 3. The molecule has 1 heterocycles. The first-order valence-corrected chi connectivity index (χ1v) is 11.4. The normalized spacial score (nSPS) is 13.5. The molecule has 1 unspecified atom stereocenters. The smallest absolute Gasteiger partial charge is 0.306 e. The van der Waals surface area contributed by atoms with Crippen molar-refractivity contribution in [2.24, 2.45) is 0 Å². The van der Waals surface area contributed by atoms with E-state index in [0.29, 0.717) is 36.4 Å². The van der Waals surface area contributed by atoms with Gasteiger partial charge >= 0.3 is 5.97 Å². The molecule has 3 aromatic carbocycles. The van der Waals surface area contributed by atoms with Crippen LogP contribution in [0.3, 0.4) is 0 Å². The van der Waals surface area contributed by atoms with Crippen LogP contribution >= 0.6 is 0 Å². The summed E-state index contributed by atoms with van der Waals surface area (Å²) in [7, 11) is 4.34. The number of benzene rings is 3. The Bertz CT molecular complexity index is 1220. The molecule has 1 atom stereocenters. The molecule has 0 aromatic heterocycles. The fourth-order valence-corrected chi connectivity index (χ4v) is 4.61. The molecule has 35 heavy (non-hydrogen) atoms. The van der Waals surface area contributed by atoms with Crippen LogP contribution in [-0.2, 0) is 22.5 Å². The highest BCUT2D eigenvalue weighted by Gasteiger charge is 2.28. The Morgan fingerprint density at radius 3 is 2.43 bits per heavy atom. The molecule has 1 aliphatic heterocycles. The largest absolute Gasteiger partial charge is 0.497 e. The number of amides is 1. The first kappa shape index (κ1) is 24.3. The van der Waals surface area contributed by atoms with E-state index < -0.39 is 5.82 Å². The van der Waals surface area contributed by atoms with Crippen molar-refractivity contribution in [3.8, 4) is 11.5 Å². The molecule has 0 radical (unpaired) electrons. The summed E-state index contributed by atoms with van der Waals surface area (Å²) in [5.74, 6) is -0.458. The molecule has 6 nitrogen and oxygen atoms in total. The molecular weight excluding hydrogens is 449 g/mol. The SMILES string of the molecule is COC(=O)CC(c1ccc(OC)c(F)c1)c1cccc2c1CCN(C(=O)c1ccc(OC)cc1)C2. The average Bonchev–Trinajstić information content (AvgIpc) is 2.90. The molecule has 0 saturated carbocycles. The molecule has 0 saturated heterocycles. The molecule has 4 rings (SSSR count). The van der Waals surface area contributed by atoms with E-state index in [0.717, 1.165) is 16.7 Å². The Labute approximate surface area is 204 Å². The quantitative estimate of drug-likeness (QED) is 0.460. The van der Waals surface area contributed by atoms with Gasteiger partial charge in [-0.25, -0.2) is 4.39 Å². The highest BCUT2D eigenvalue weighted by Crippen LogP contribution is 2.36. The van der Waals surface area contributed by atoms with E-state index in [2.05, 4.69) is 0 Å². The number of hydrogen-bond donors (Lipinski definition) is 0. The molecule has 0 fully saturated rings. The highest BCUT2D eigenvalue weighted by molar-refractivity contribution is 5.94. The van der Waals surface area contributed by atoms with Gasteiger partial charge in [-0.2, -0.15) is 0 Å². The van der Waals surface area contributed by atoms with Gasteiger partial charge in [-0.1, -0.05) is 24.3 Å². The third kappa shape index (κ3) is 5.14. The maximum Gasteiger partial charge on any atom is 0.306 e. The van der Waals surface area contributed by atoms with E-state index in [9.17, 15) is 14.0 Å². The second kappa shape index (κ2) is 10.6. The summed E-state index contributed by atoms with van der Waals surface area (Å²) < 4.78 is 29.7. The van der Waals surface area contributed by atoms with Gasteiger partial charge in [0.15, 0.2) is 11.6 Å². The zero-order valence-electron chi connectivity index (χ0n) is 20.0. The molecule has 1 aliphatic rings. The van der Waals surface area contributed by atoms with Gasteiger partial charge in [0.2, 0.25) is 0 Å². The maximum absolute atomic E-state index is 14.5. The number of carbonyl (C=O) groups is 2. The van der Waals surface area contributed by atoms with Crippen LogP contribution in [0.1, 0.15) is 45.0 Å². The van der Waals surface area contributed by atoms with E-state index in [1.807, 2.05) is 23.1 Å². The summed E-state index contributed by atoms with van der Waals surface area (Å²) in [6.07, 6.45) is 0.705. The van der Waals surface area contributed by atoms with Crippen molar-refractivity contribution >= 4 is 11.9 Å². The van der Waals surface area contributed by atoms with Gasteiger partial charge in [-0.15, -0.1) is 0 Å². The minimum absolute atomic E-state index is 0.0490. The highest BCUT2D eigenvalue weighted by atomic mass is 19.1. The molecular formula is C28H28FNO5. The van der Waals surface area contributed by atoms with Crippen molar-refractivity contribution < 1.29 is 28.2 Å². The van der Waals surface area contributed by atoms with Crippen molar-refractivity contribution in [2.75, 3.05) is 27.9 Å². The Balaban J connectivity index is 1.65. The van der Waals surface area contributed by atoms with E-state index in [1.54, 1.807) is 43.5 Å². The lowest BCUT2D eigenvalue weighted by Crippen LogP contribution is -2.36. The topological polar surface area (TPSA) is 65.1 Å². The predicted molar refractivity (Wildman–Crippen MR) is 129 cm³/mol. The van der Waals surface area contributed by atoms with Gasteiger partial charge < -0.3 is 19.1 Å². The fraction of sp³-hybridized carbons (Fsp3) is 0.286. The van der Waals surface area contributed by atoms with Crippen LogP contribution in [0, 0.1) is 5.82 Å². The van der Waals surface area contributed by atoms with Crippen molar-refractivity contribution in [1.82, 2.24) is 4.90 Å². The van der Waals surface area contributed by atoms with Gasteiger partial charge in [0.25, 0.3) is 5.91 Å². The van der Waals surface area contributed by atoms with E-state index in [-0.39, 0.29) is 30.0 Å². The zero-order valence-corrected chi connectivity index (χ0v) is 20.0. The minimum Gasteiger partial charge on any atom is -0.497 e. The van der Waals surface area contributed by atoms with E-state index >= 15 is 0 Å². The van der Waals surface area contributed by atoms with Crippen LogP contribution in [0.4, 0.5) is 4.39 Å². The van der Waals surface area contributed by atoms with Gasteiger partial charge in [0.05, 0.1) is 27.8 Å². The average molecular weight is 478 g/mol. The second-order valence-corrected chi connectivity index (χ2v) is 8.42. The third-order valence-electron chi connectivity index (χ3n) is 6.48. The predicted octanol–water partition coefficient (Wildman–Crippen LogP) is 4.74. The summed E-state index contributed by atoms with van der Waals surface area (Å²) in [6.45, 7) is 0.993. The molecule has 0 spiro atoms. The zero-order chi connectivity index (χ0) is 24.9. The molecule has 0 N–H and O–H groups in total. The van der Waals surface area contributed by atoms with Crippen LogP contribution in [0.2, 0.25) is 0 Å². The fourth-order valence-electron chi connectivity index (χ4n) is 4.61. The van der Waals surface area contributed by atoms with Crippen LogP contribution in [0.5, 0.6) is 11.5 Å². The van der Waals surface area contributed by atoms with Crippen molar-refractivity contribution in [3.05, 3.63) is 94.3 Å². The molecule has 1 amide bonds. The summed E-state index contributed by atoms with van der Waals surface area (Å²) >= 11 is 0. The van der Waals surface area contributed by atoms with Crippen LogP contribution in [0.25, 0.3) is 0 Å². The van der Waals surface area contributed by atoms with E-state index in [1.165, 1.54) is 20.3 Å². The summed E-state index contributed by atoms with van der Waals surface area (Å²) in [5, 5.41) is 0. The van der Waals surface area contributed by atoms with Crippen molar-refractivity contribution in [1.29, 1.82) is 0 Å². The van der Waals surface area contributed by atoms with E-state index in [4.69, 9.17) is 14.2 Å². The van der Waals surface area contributed by atoms with Gasteiger partial charge in [-0.05, 0) is 65.1 Å². The lowest BCUT2D eigenvalue weighted by Gasteiger charge is -2.32. The van der Waals surface area contributed by atoms with Crippen LogP contribution < -0.4 is 9.47 Å². The van der Waals surface area contributed by atoms with Crippen molar-refractivity contribution in [2.45, 2.75) is 25.3 Å². The first-order valence-electron chi connectivity index (χ1n) is 11.4. The first-order chi connectivity index (χ1) is 16.9. The molecule has 0 aliphatic carbocycles. The van der Waals surface area contributed by atoms with Gasteiger partial charge in [0, 0.05) is 24.6 Å². The third-order valence-corrected chi connectivity index (χ3v) is 6.48. The van der Waals surface area contributed by atoms with Gasteiger partial charge in [-0.3, -0.25) is 9.59 Å². The number of ether oxygens (including phenoxy) is 3. The Hall–Kier alpha value is -3.87. The summed E-state index contributed by atoms with van der Waals surface area (Å²) in [6, 6.07) is 17.7. The minimum atomic E-state index is -0.485. The van der Waals surface area contributed by atoms with Crippen LogP contribution in [-0.4, -0.2) is 44.7 Å². The number of nitrogens with zero attached hydrogens (tertiary/aromatic N) is 1. The molecule has 3 aromatic rings. The Kier molecular flexibility index (Phi) is 7.34. The van der Waals surface area contributed by atoms with Crippen LogP contribution in [0.15, 0.2) is 60.7 Å². The molecule has 7 heteroatoms. The van der Waals surface area contributed by atoms with Crippen molar-refractivity contribution in [3.63, 3.8) is 0 Å².